The molecule has 0 radical (unpaired) electrons. The largest absolute Gasteiger partial charge is 0.376 e. The molecule has 58 valence electrons. The molecule has 1 aromatic rings. The van der Waals surface area contributed by atoms with Gasteiger partial charge in [0.1, 0.15) is 0 Å². The lowest BCUT2D eigenvalue weighted by atomic mass is 10.2. The fourth-order valence-corrected chi connectivity index (χ4v) is 0.943. The third kappa shape index (κ3) is 1.58. The molecule has 0 bridgehead atoms. The molecule has 1 rings (SSSR count). The fourth-order valence-electron chi connectivity index (χ4n) is 0.943. The van der Waals surface area contributed by atoms with Crippen molar-refractivity contribution >= 4 is 11.8 Å². The van der Waals surface area contributed by atoms with Gasteiger partial charge in [-0.15, -0.1) is 0 Å². The van der Waals surface area contributed by atoms with E-state index in [1.165, 1.54) is 0 Å². The summed E-state index contributed by atoms with van der Waals surface area (Å²) in [5.41, 5.74) is 2.22. The van der Waals surface area contributed by atoms with Crippen molar-refractivity contribution in [2.45, 2.75) is 0 Å². The summed E-state index contributed by atoms with van der Waals surface area (Å²) in [5.74, 6) is 0. The van der Waals surface area contributed by atoms with Crippen LogP contribution in [-0.4, -0.2) is 19.1 Å². The molecule has 2 nitrogen and oxygen atoms in total. The Hall–Kier alpha value is -1.31. The summed E-state index contributed by atoms with van der Waals surface area (Å²) in [5, 5.41) is 0. The molecule has 11 heavy (non-hydrogen) atoms. The van der Waals surface area contributed by atoms with Crippen LogP contribution in [0, 0.1) is 0 Å². The standard InChI is InChI=1S/C9H12N2/c1-4-8-5-6-10-7-9(8)11(2)3/h4-7H,1H2,2-3H3. The van der Waals surface area contributed by atoms with Crippen molar-refractivity contribution in [3.05, 3.63) is 30.6 Å². The molecular formula is C9H12N2. The second kappa shape index (κ2) is 3.19. The minimum Gasteiger partial charge on any atom is -0.376 e. The van der Waals surface area contributed by atoms with E-state index in [-0.39, 0.29) is 0 Å². The van der Waals surface area contributed by atoms with Crippen LogP contribution in [0.2, 0.25) is 0 Å². The van der Waals surface area contributed by atoms with Crippen LogP contribution in [0.15, 0.2) is 25.0 Å². The van der Waals surface area contributed by atoms with E-state index in [4.69, 9.17) is 0 Å². The summed E-state index contributed by atoms with van der Waals surface area (Å²) >= 11 is 0. The number of nitrogens with zero attached hydrogens (tertiary/aromatic N) is 2. The smallest absolute Gasteiger partial charge is 0.0620 e. The molecule has 0 aliphatic carbocycles. The fraction of sp³-hybridized carbons (Fsp3) is 0.222. The first-order chi connectivity index (χ1) is 5.25. The van der Waals surface area contributed by atoms with E-state index in [0.29, 0.717) is 0 Å². The topological polar surface area (TPSA) is 16.1 Å². The molecule has 2 heteroatoms. The van der Waals surface area contributed by atoms with E-state index in [9.17, 15) is 0 Å². The van der Waals surface area contributed by atoms with Crippen LogP contribution in [0.3, 0.4) is 0 Å². The number of hydrogen-bond donors (Lipinski definition) is 0. The average Bonchev–Trinajstić information content (AvgIpc) is 2.04. The van der Waals surface area contributed by atoms with E-state index in [0.717, 1.165) is 11.3 Å². The van der Waals surface area contributed by atoms with E-state index < -0.39 is 0 Å². The molecule has 0 saturated carbocycles. The molecule has 0 N–H and O–H groups in total. The van der Waals surface area contributed by atoms with Crippen LogP contribution in [-0.2, 0) is 0 Å². The van der Waals surface area contributed by atoms with Gasteiger partial charge in [0.2, 0.25) is 0 Å². The average molecular weight is 148 g/mol. The van der Waals surface area contributed by atoms with Crippen molar-refractivity contribution in [1.29, 1.82) is 0 Å². The second-order valence-electron chi connectivity index (χ2n) is 2.53. The molecule has 0 fully saturated rings. The number of anilines is 1. The monoisotopic (exact) mass is 148 g/mol. The van der Waals surface area contributed by atoms with Gasteiger partial charge in [-0.1, -0.05) is 12.7 Å². The lowest BCUT2D eigenvalue weighted by Gasteiger charge is -2.13. The van der Waals surface area contributed by atoms with Gasteiger partial charge < -0.3 is 4.90 Å². The van der Waals surface area contributed by atoms with Crippen LogP contribution in [0.25, 0.3) is 6.08 Å². The Kier molecular flexibility index (Phi) is 2.26. The van der Waals surface area contributed by atoms with Crippen molar-refractivity contribution in [3.63, 3.8) is 0 Å². The quantitative estimate of drug-likeness (QED) is 0.635. The zero-order valence-corrected chi connectivity index (χ0v) is 6.91. The van der Waals surface area contributed by atoms with E-state index in [2.05, 4.69) is 11.6 Å². The van der Waals surface area contributed by atoms with E-state index in [1.54, 1.807) is 6.20 Å². The maximum atomic E-state index is 4.03. The van der Waals surface area contributed by atoms with Gasteiger partial charge in [-0.3, -0.25) is 4.98 Å². The molecule has 0 atom stereocenters. The van der Waals surface area contributed by atoms with Gasteiger partial charge in [0.05, 0.1) is 11.9 Å². The Morgan fingerprint density at radius 2 is 2.27 bits per heavy atom. The number of aromatic nitrogens is 1. The highest BCUT2D eigenvalue weighted by Gasteiger charge is 1.98. The van der Waals surface area contributed by atoms with Crippen LogP contribution < -0.4 is 4.90 Å². The Balaban J connectivity index is 3.12. The van der Waals surface area contributed by atoms with Gasteiger partial charge >= 0.3 is 0 Å². The summed E-state index contributed by atoms with van der Waals surface area (Å²) in [7, 11) is 3.98. The molecule has 0 aromatic carbocycles. The van der Waals surface area contributed by atoms with Gasteiger partial charge in [-0.2, -0.15) is 0 Å². The van der Waals surface area contributed by atoms with Gasteiger partial charge in [-0.25, -0.2) is 0 Å². The van der Waals surface area contributed by atoms with Crippen molar-refractivity contribution in [2.24, 2.45) is 0 Å². The molecule has 1 heterocycles. The van der Waals surface area contributed by atoms with Crippen molar-refractivity contribution in [2.75, 3.05) is 19.0 Å². The second-order valence-corrected chi connectivity index (χ2v) is 2.53. The summed E-state index contributed by atoms with van der Waals surface area (Å²) in [6, 6.07) is 1.95. The summed E-state index contributed by atoms with van der Waals surface area (Å²) in [6.45, 7) is 3.72. The SMILES string of the molecule is C=Cc1ccncc1N(C)C. The zero-order chi connectivity index (χ0) is 8.27. The molecular weight excluding hydrogens is 136 g/mol. The van der Waals surface area contributed by atoms with Crippen molar-refractivity contribution in [1.82, 2.24) is 4.98 Å². The predicted octanol–water partition coefficient (Wildman–Crippen LogP) is 1.79. The molecule has 0 unspecified atom stereocenters. The van der Waals surface area contributed by atoms with Crippen LogP contribution in [0.1, 0.15) is 5.56 Å². The molecule has 0 amide bonds. The van der Waals surface area contributed by atoms with Crippen molar-refractivity contribution in [3.8, 4) is 0 Å². The lowest BCUT2D eigenvalue weighted by molar-refractivity contribution is 1.11. The highest BCUT2D eigenvalue weighted by Crippen LogP contribution is 2.16. The molecule has 0 aliphatic rings. The Morgan fingerprint density at radius 3 is 2.73 bits per heavy atom. The molecule has 0 spiro atoms. The Labute approximate surface area is 67.2 Å². The van der Waals surface area contributed by atoms with Crippen molar-refractivity contribution < 1.29 is 0 Å². The maximum absolute atomic E-state index is 4.03. The first-order valence-corrected chi connectivity index (χ1v) is 3.49. The number of rotatable bonds is 2. The van der Waals surface area contributed by atoms with E-state index in [1.807, 2.05) is 37.3 Å². The normalized spacial score (nSPS) is 9.27. The third-order valence-electron chi connectivity index (χ3n) is 1.53. The van der Waals surface area contributed by atoms with Gasteiger partial charge in [0.25, 0.3) is 0 Å². The lowest BCUT2D eigenvalue weighted by Crippen LogP contribution is -2.10. The van der Waals surface area contributed by atoms with E-state index >= 15 is 0 Å². The Morgan fingerprint density at radius 1 is 1.55 bits per heavy atom. The van der Waals surface area contributed by atoms with Gasteiger partial charge in [0.15, 0.2) is 0 Å². The summed E-state index contributed by atoms with van der Waals surface area (Å²) < 4.78 is 0. The zero-order valence-electron chi connectivity index (χ0n) is 6.91. The van der Waals surface area contributed by atoms with Crippen LogP contribution in [0.5, 0.6) is 0 Å². The summed E-state index contributed by atoms with van der Waals surface area (Å²) in [4.78, 5) is 6.04. The van der Waals surface area contributed by atoms with Crippen LogP contribution >= 0.6 is 0 Å². The molecule has 0 saturated heterocycles. The predicted molar refractivity (Wildman–Crippen MR) is 48.7 cm³/mol. The minimum absolute atomic E-state index is 1.10. The first kappa shape index (κ1) is 7.79. The first-order valence-electron chi connectivity index (χ1n) is 3.49. The minimum atomic E-state index is 1.10. The molecule has 0 aliphatic heterocycles. The third-order valence-corrected chi connectivity index (χ3v) is 1.53. The maximum Gasteiger partial charge on any atom is 0.0620 e. The van der Waals surface area contributed by atoms with Gasteiger partial charge in [-0.05, 0) is 6.07 Å². The highest BCUT2D eigenvalue weighted by atomic mass is 15.1. The van der Waals surface area contributed by atoms with Gasteiger partial charge in [0, 0.05) is 25.9 Å². The molecule has 1 aromatic heterocycles. The Bertz CT molecular complexity index is 253. The summed E-state index contributed by atoms with van der Waals surface area (Å²) in [6.07, 6.45) is 5.43. The number of pyridine rings is 1. The number of hydrogen-bond acceptors (Lipinski definition) is 2. The van der Waals surface area contributed by atoms with Crippen LogP contribution in [0.4, 0.5) is 5.69 Å². The highest BCUT2D eigenvalue weighted by molar-refractivity contribution is 5.64.